The lowest BCUT2D eigenvalue weighted by atomic mass is 9.99. The number of benzene rings is 1. The van der Waals surface area contributed by atoms with E-state index in [2.05, 4.69) is 32.2 Å². The number of rotatable bonds is 6. The van der Waals surface area contributed by atoms with E-state index >= 15 is 0 Å². The summed E-state index contributed by atoms with van der Waals surface area (Å²) in [5.41, 5.74) is 10.4. The fraction of sp³-hybridized carbons (Fsp3) is 0.571. The van der Waals surface area contributed by atoms with E-state index in [9.17, 15) is 0 Å². The summed E-state index contributed by atoms with van der Waals surface area (Å²) in [6, 6.07) is 1.95. The van der Waals surface area contributed by atoms with Crippen molar-refractivity contribution in [2.24, 2.45) is 5.73 Å². The normalized spacial score (nSPS) is 12.6. The van der Waals surface area contributed by atoms with Gasteiger partial charge in [0.2, 0.25) is 0 Å². The average Bonchev–Trinajstić information content (AvgIpc) is 2.35. The second-order valence-electron chi connectivity index (χ2n) is 4.72. The summed E-state index contributed by atoms with van der Waals surface area (Å²) in [6.07, 6.45) is 0. The molecule has 0 spiro atoms. The van der Waals surface area contributed by atoms with E-state index in [1.54, 1.807) is 7.11 Å². The van der Waals surface area contributed by atoms with Gasteiger partial charge < -0.3 is 20.9 Å². The first-order chi connectivity index (χ1) is 8.51. The smallest absolute Gasteiger partial charge is 0.126 e. The van der Waals surface area contributed by atoms with Gasteiger partial charge in [-0.05, 0) is 37.5 Å². The van der Waals surface area contributed by atoms with Crippen LogP contribution in [0.15, 0.2) is 6.07 Å². The largest absolute Gasteiger partial charge is 0.496 e. The number of aliphatic hydroxyl groups is 1. The van der Waals surface area contributed by atoms with Gasteiger partial charge >= 0.3 is 0 Å². The van der Waals surface area contributed by atoms with Crippen molar-refractivity contribution in [3.8, 4) is 5.75 Å². The van der Waals surface area contributed by atoms with E-state index in [4.69, 9.17) is 15.6 Å². The Morgan fingerprint density at radius 2 is 2.00 bits per heavy atom. The maximum absolute atomic E-state index is 8.88. The van der Waals surface area contributed by atoms with Crippen molar-refractivity contribution in [2.75, 3.05) is 20.3 Å². The molecule has 0 saturated carbocycles. The standard InChI is InChI=1S/C14H24N2O2/c1-9-5-10(2)13(14(18-4)11(9)3)7-16-6-12(15)8-17/h5,12,16-17H,6-8,15H2,1-4H3. The van der Waals surface area contributed by atoms with E-state index in [1.807, 2.05) is 0 Å². The number of hydrogen-bond donors (Lipinski definition) is 3. The van der Waals surface area contributed by atoms with Crippen LogP contribution in [0.25, 0.3) is 0 Å². The molecular formula is C14H24N2O2. The zero-order chi connectivity index (χ0) is 13.7. The molecule has 1 aromatic carbocycles. The predicted molar refractivity (Wildman–Crippen MR) is 74.0 cm³/mol. The van der Waals surface area contributed by atoms with Crippen LogP contribution >= 0.6 is 0 Å². The highest BCUT2D eigenvalue weighted by Crippen LogP contribution is 2.29. The van der Waals surface area contributed by atoms with Gasteiger partial charge in [0.1, 0.15) is 5.75 Å². The van der Waals surface area contributed by atoms with Gasteiger partial charge in [-0.15, -0.1) is 0 Å². The van der Waals surface area contributed by atoms with Crippen molar-refractivity contribution in [1.29, 1.82) is 0 Å². The Morgan fingerprint density at radius 3 is 2.56 bits per heavy atom. The van der Waals surface area contributed by atoms with Crippen molar-refractivity contribution >= 4 is 0 Å². The molecule has 1 rings (SSSR count). The molecule has 4 nitrogen and oxygen atoms in total. The van der Waals surface area contributed by atoms with E-state index in [-0.39, 0.29) is 12.6 Å². The maximum atomic E-state index is 8.88. The van der Waals surface area contributed by atoms with Crippen LogP contribution in [0.1, 0.15) is 22.3 Å². The molecule has 0 radical (unpaired) electrons. The molecule has 0 aliphatic rings. The molecule has 0 fully saturated rings. The van der Waals surface area contributed by atoms with Crippen LogP contribution in [-0.2, 0) is 6.54 Å². The van der Waals surface area contributed by atoms with Crippen LogP contribution in [0, 0.1) is 20.8 Å². The number of nitrogens with two attached hydrogens (primary N) is 1. The quantitative estimate of drug-likeness (QED) is 0.707. The molecule has 0 bridgehead atoms. The van der Waals surface area contributed by atoms with E-state index in [1.165, 1.54) is 16.7 Å². The molecule has 0 saturated heterocycles. The van der Waals surface area contributed by atoms with Crippen molar-refractivity contribution in [1.82, 2.24) is 5.32 Å². The van der Waals surface area contributed by atoms with Crippen LogP contribution in [0.4, 0.5) is 0 Å². The lowest BCUT2D eigenvalue weighted by Crippen LogP contribution is -2.36. The second kappa shape index (κ2) is 6.73. The lowest BCUT2D eigenvalue weighted by molar-refractivity contribution is 0.262. The summed E-state index contributed by atoms with van der Waals surface area (Å²) in [6.45, 7) is 7.52. The molecule has 4 heteroatoms. The Bertz CT molecular complexity index is 405. The zero-order valence-electron chi connectivity index (χ0n) is 11.7. The molecule has 0 amide bonds. The molecule has 1 unspecified atom stereocenters. The molecule has 0 heterocycles. The van der Waals surface area contributed by atoms with Gasteiger partial charge in [0, 0.05) is 24.7 Å². The molecule has 1 atom stereocenters. The number of nitrogens with one attached hydrogen (secondary N) is 1. The molecule has 0 aliphatic carbocycles. The average molecular weight is 252 g/mol. The summed E-state index contributed by atoms with van der Waals surface area (Å²) in [7, 11) is 1.70. The van der Waals surface area contributed by atoms with Crippen LogP contribution in [-0.4, -0.2) is 31.4 Å². The first-order valence-electron chi connectivity index (χ1n) is 6.22. The highest BCUT2D eigenvalue weighted by Gasteiger charge is 2.12. The van der Waals surface area contributed by atoms with Crippen molar-refractivity contribution in [3.05, 3.63) is 28.3 Å². The van der Waals surface area contributed by atoms with Crippen molar-refractivity contribution < 1.29 is 9.84 Å². The molecule has 102 valence electrons. The Kier molecular flexibility index (Phi) is 5.59. The highest BCUT2D eigenvalue weighted by atomic mass is 16.5. The Hall–Kier alpha value is -1.10. The highest BCUT2D eigenvalue weighted by molar-refractivity contribution is 5.49. The van der Waals surface area contributed by atoms with Gasteiger partial charge in [0.05, 0.1) is 13.7 Å². The first-order valence-corrected chi connectivity index (χ1v) is 6.22. The third-order valence-electron chi connectivity index (χ3n) is 3.26. The molecule has 4 N–H and O–H groups in total. The van der Waals surface area contributed by atoms with Crippen LogP contribution in [0.2, 0.25) is 0 Å². The summed E-state index contributed by atoms with van der Waals surface area (Å²) in [5, 5.41) is 12.1. The number of methoxy groups -OCH3 is 1. The van der Waals surface area contributed by atoms with Crippen LogP contribution in [0.5, 0.6) is 5.75 Å². The SMILES string of the molecule is COc1c(C)c(C)cc(C)c1CNCC(N)CO. The number of hydrogen-bond acceptors (Lipinski definition) is 4. The number of aliphatic hydroxyl groups excluding tert-OH is 1. The maximum Gasteiger partial charge on any atom is 0.126 e. The monoisotopic (exact) mass is 252 g/mol. The Labute approximate surface area is 109 Å². The minimum absolute atomic E-state index is 0.00393. The fourth-order valence-electron chi connectivity index (χ4n) is 2.05. The summed E-state index contributed by atoms with van der Waals surface area (Å²) >= 11 is 0. The fourth-order valence-corrected chi connectivity index (χ4v) is 2.05. The van der Waals surface area contributed by atoms with Gasteiger partial charge in [0.15, 0.2) is 0 Å². The molecule has 0 aromatic heterocycles. The molecule has 18 heavy (non-hydrogen) atoms. The predicted octanol–water partition coefficient (Wildman–Crippen LogP) is 1.03. The summed E-state index contributed by atoms with van der Waals surface area (Å²) in [4.78, 5) is 0. The van der Waals surface area contributed by atoms with Crippen LogP contribution < -0.4 is 15.8 Å². The number of aryl methyl sites for hydroxylation is 2. The number of ether oxygens (including phenoxy) is 1. The molecule has 0 aliphatic heterocycles. The summed E-state index contributed by atoms with van der Waals surface area (Å²) < 4.78 is 5.50. The Balaban J connectivity index is 2.84. The zero-order valence-corrected chi connectivity index (χ0v) is 11.7. The van der Waals surface area contributed by atoms with Gasteiger partial charge in [-0.2, -0.15) is 0 Å². The van der Waals surface area contributed by atoms with Gasteiger partial charge in [0.25, 0.3) is 0 Å². The van der Waals surface area contributed by atoms with Gasteiger partial charge in [-0.25, -0.2) is 0 Å². The summed E-state index contributed by atoms with van der Waals surface area (Å²) in [5.74, 6) is 0.942. The Morgan fingerprint density at radius 1 is 1.33 bits per heavy atom. The van der Waals surface area contributed by atoms with E-state index in [0.29, 0.717) is 13.1 Å². The molecule has 1 aromatic rings. The van der Waals surface area contributed by atoms with Gasteiger partial charge in [-0.1, -0.05) is 6.07 Å². The molecular weight excluding hydrogens is 228 g/mol. The second-order valence-corrected chi connectivity index (χ2v) is 4.72. The van der Waals surface area contributed by atoms with E-state index < -0.39 is 0 Å². The minimum atomic E-state index is -0.220. The van der Waals surface area contributed by atoms with E-state index in [0.717, 1.165) is 11.3 Å². The third-order valence-corrected chi connectivity index (χ3v) is 3.26. The topological polar surface area (TPSA) is 67.5 Å². The lowest BCUT2D eigenvalue weighted by Gasteiger charge is -2.18. The van der Waals surface area contributed by atoms with Gasteiger partial charge in [-0.3, -0.25) is 0 Å². The van der Waals surface area contributed by atoms with Crippen molar-refractivity contribution in [2.45, 2.75) is 33.4 Å². The van der Waals surface area contributed by atoms with Crippen molar-refractivity contribution in [3.63, 3.8) is 0 Å². The first kappa shape index (κ1) is 15.0. The minimum Gasteiger partial charge on any atom is -0.496 e. The third kappa shape index (κ3) is 3.45. The van der Waals surface area contributed by atoms with Crippen LogP contribution in [0.3, 0.4) is 0 Å².